The lowest BCUT2D eigenvalue weighted by atomic mass is 9.71. The van der Waals surface area contributed by atoms with Crippen molar-refractivity contribution in [2.75, 3.05) is 6.61 Å². The maximum absolute atomic E-state index is 12.4. The number of benzene rings is 2. The van der Waals surface area contributed by atoms with Crippen LogP contribution in [-0.2, 0) is 11.3 Å². The van der Waals surface area contributed by atoms with Crippen molar-refractivity contribution < 1.29 is 19.4 Å². The first-order valence-electron chi connectivity index (χ1n) is 12.9. The number of oxazole rings is 1. The molecule has 2 aromatic heterocycles. The van der Waals surface area contributed by atoms with E-state index in [0.29, 0.717) is 18.3 Å². The van der Waals surface area contributed by atoms with E-state index in [9.17, 15) is 15.0 Å². The summed E-state index contributed by atoms with van der Waals surface area (Å²) < 4.78 is 6.72. The lowest BCUT2D eigenvalue weighted by molar-refractivity contribution is -0.128. The molecule has 5 rings (SSSR count). The van der Waals surface area contributed by atoms with Gasteiger partial charge in [-0.2, -0.15) is 0 Å². The van der Waals surface area contributed by atoms with Gasteiger partial charge in [-0.1, -0.05) is 60.7 Å². The van der Waals surface area contributed by atoms with Gasteiger partial charge in [-0.3, -0.25) is 4.79 Å². The van der Waals surface area contributed by atoms with Crippen LogP contribution in [0.3, 0.4) is 0 Å². The highest BCUT2D eigenvalue weighted by Gasteiger charge is 2.35. The van der Waals surface area contributed by atoms with Crippen LogP contribution in [0.4, 0.5) is 0 Å². The average Bonchev–Trinajstić information content (AvgIpc) is 3.61. The van der Waals surface area contributed by atoms with Gasteiger partial charge < -0.3 is 24.5 Å². The van der Waals surface area contributed by atoms with Crippen LogP contribution in [-0.4, -0.2) is 37.3 Å². The number of aliphatic hydroxyl groups is 2. The number of aromatic nitrogens is 3. The second kappa shape index (κ2) is 11.6. The summed E-state index contributed by atoms with van der Waals surface area (Å²) in [6.45, 7) is 1.97. The van der Waals surface area contributed by atoms with Crippen LogP contribution in [0.1, 0.15) is 60.5 Å². The van der Waals surface area contributed by atoms with Crippen LogP contribution < -0.4 is 5.32 Å². The summed E-state index contributed by atoms with van der Waals surface area (Å²) in [6, 6.07) is 16.5. The first-order valence-corrected chi connectivity index (χ1v) is 12.9. The molecule has 8 nitrogen and oxygen atoms in total. The third kappa shape index (κ3) is 5.77. The molecule has 0 radical (unpaired) electrons. The molecule has 38 heavy (non-hydrogen) atoms. The number of aliphatic hydroxyl groups excluding tert-OH is 2. The predicted molar refractivity (Wildman–Crippen MR) is 144 cm³/mol. The molecule has 1 aliphatic carbocycles. The van der Waals surface area contributed by atoms with E-state index in [1.54, 1.807) is 30.1 Å². The monoisotopic (exact) mass is 512 g/mol. The zero-order chi connectivity index (χ0) is 26.5. The van der Waals surface area contributed by atoms with Gasteiger partial charge in [0.15, 0.2) is 6.39 Å². The molecule has 8 heteroatoms. The summed E-state index contributed by atoms with van der Waals surface area (Å²) in [7, 11) is 0. The Labute approximate surface area is 221 Å². The first kappa shape index (κ1) is 25.6. The molecular weight excluding hydrogens is 480 g/mol. The highest BCUT2D eigenvalue weighted by molar-refractivity contribution is 5.79. The van der Waals surface area contributed by atoms with Crippen molar-refractivity contribution in [1.29, 1.82) is 0 Å². The zero-order valence-corrected chi connectivity index (χ0v) is 21.3. The summed E-state index contributed by atoms with van der Waals surface area (Å²) in [5, 5.41) is 22.7. The number of nitrogens with zero attached hydrogens (tertiary/aromatic N) is 3. The van der Waals surface area contributed by atoms with Crippen molar-refractivity contribution in [2.45, 2.75) is 44.4 Å². The molecule has 196 valence electrons. The van der Waals surface area contributed by atoms with E-state index in [-0.39, 0.29) is 24.5 Å². The van der Waals surface area contributed by atoms with E-state index in [4.69, 9.17) is 4.42 Å². The molecule has 0 spiro atoms. The fraction of sp³-hybridized carbons (Fsp3) is 0.300. The van der Waals surface area contributed by atoms with Crippen molar-refractivity contribution >= 4 is 12.0 Å². The summed E-state index contributed by atoms with van der Waals surface area (Å²) in [5.41, 5.74) is 5.27. The fourth-order valence-electron chi connectivity index (χ4n) is 4.88. The summed E-state index contributed by atoms with van der Waals surface area (Å²) >= 11 is 0. The lowest BCUT2D eigenvalue weighted by Gasteiger charge is -2.34. The van der Waals surface area contributed by atoms with Gasteiger partial charge in [0.05, 0.1) is 24.9 Å². The van der Waals surface area contributed by atoms with Gasteiger partial charge in [-0.05, 0) is 47.9 Å². The Morgan fingerprint density at radius 2 is 1.84 bits per heavy atom. The van der Waals surface area contributed by atoms with Crippen molar-refractivity contribution in [1.82, 2.24) is 19.9 Å². The van der Waals surface area contributed by atoms with E-state index in [1.165, 1.54) is 12.0 Å². The topological polar surface area (TPSA) is 113 Å². The molecule has 1 amide bonds. The quantitative estimate of drug-likeness (QED) is 0.285. The van der Waals surface area contributed by atoms with Gasteiger partial charge >= 0.3 is 0 Å². The van der Waals surface area contributed by atoms with Gasteiger partial charge in [-0.15, -0.1) is 0 Å². The maximum atomic E-state index is 12.4. The Kier molecular flexibility index (Phi) is 7.81. The number of hydrogen-bond acceptors (Lipinski definition) is 6. The van der Waals surface area contributed by atoms with E-state index in [2.05, 4.69) is 51.7 Å². The van der Waals surface area contributed by atoms with Crippen LogP contribution in [0.15, 0.2) is 84.1 Å². The highest BCUT2D eigenvalue weighted by Crippen LogP contribution is 2.42. The molecule has 2 heterocycles. The Morgan fingerprint density at radius 3 is 2.47 bits per heavy atom. The molecular formula is C30H32N4O4. The van der Waals surface area contributed by atoms with Gasteiger partial charge in [0.1, 0.15) is 18.2 Å². The Hall–Kier alpha value is -4.01. The molecule has 2 atom stereocenters. The van der Waals surface area contributed by atoms with Crippen molar-refractivity contribution in [2.24, 2.45) is 5.92 Å². The van der Waals surface area contributed by atoms with E-state index < -0.39 is 6.10 Å². The minimum Gasteiger partial charge on any atom is -0.451 e. The first-order chi connectivity index (χ1) is 18.5. The van der Waals surface area contributed by atoms with Crippen LogP contribution in [0.5, 0.6) is 0 Å². The normalized spacial score (nSPS) is 18.7. The van der Waals surface area contributed by atoms with Crippen molar-refractivity contribution in [3.05, 3.63) is 102 Å². The number of imidazole rings is 1. The lowest BCUT2D eigenvalue weighted by Crippen LogP contribution is -2.37. The molecule has 3 N–H and O–H groups in total. The molecule has 0 unspecified atom stereocenters. The van der Waals surface area contributed by atoms with Crippen molar-refractivity contribution in [3.8, 4) is 11.1 Å². The van der Waals surface area contributed by atoms with E-state index in [1.807, 2.05) is 24.3 Å². The van der Waals surface area contributed by atoms with Crippen molar-refractivity contribution in [3.63, 3.8) is 0 Å². The minimum absolute atomic E-state index is 0.0463. The van der Waals surface area contributed by atoms with Gasteiger partial charge in [0.2, 0.25) is 5.91 Å². The molecule has 1 saturated carbocycles. The van der Waals surface area contributed by atoms with Crippen LogP contribution in [0.2, 0.25) is 0 Å². The van der Waals surface area contributed by atoms with Gasteiger partial charge in [-0.25, -0.2) is 9.97 Å². The smallest absolute Gasteiger partial charge is 0.223 e. The van der Waals surface area contributed by atoms with E-state index in [0.717, 1.165) is 35.2 Å². The highest BCUT2D eigenvalue weighted by atomic mass is 16.3. The second-order valence-corrected chi connectivity index (χ2v) is 9.78. The molecule has 4 aromatic rings. The van der Waals surface area contributed by atoms with E-state index >= 15 is 0 Å². The average molecular weight is 513 g/mol. The molecule has 0 saturated heterocycles. The third-order valence-corrected chi connectivity index (χ3v) is 7.19. The maximum Gasteiger partial charge on any atom is 0.223 e. The number of nitrogens with one attached hydrogen (secondary N) is 1. The molecule has 0 bridgehead atoms. The van der Waals surface area contributed by atoms with Crippen LogP contribution in [0, 0.1) is 5.92 Å². The number of amides is 1. The summed E-state index contributed by atoms with van der Waals surface area (Å²) in [4.78, 5) is 20.6. The Balaban J connectivity index is 1.15. The zero-order valence-electron chi connectivity index (χ0n) is 21.3. The third-order valence-electron chi connectivity index (χ3n) is 7.19. The molecule has 1 aliphatic rings. The minimum atomic E-state index is -0.709. The number of hydrogen-bond donors (Lipinski definition) is 3. The number of carbonyl (C=O) groups is 1. The summed E-state index contributed by atoms with van der Waals surface area (Å²) in [5.74, 6) is 1.05. The van der Waals surface area contributed by atoms with Gasteiger partial charge in [0.25, 0.3) is 0 Å². The SMILES string of the molecule is C[C@H](O)c1nccn1[C@@H](/C=C/c1ccc(-c2ccc(C3CC(C(=O)NCc4cocn4)C3)cc2)cc1)CO. The fourth-order valence-corrected chi connectivity index (χ4v) is 4.88. The number of carbonyl (C=O) groups excluding carboxylic acids is 1. The van der Waals surface area contributed by atoms with Crippen LogP contribution in [0.25, 0.3) is 17.2 Å². The second-order valence-electron chi connectivity index (χ2n) is 9.78. The van der Waals surface area contributed by atoms with Crippen LogP contribution >= 0.6 is 0 Å². The van der Waals surface area contributed by atoms with Gasteiger partial charge in [0, 0.05) is 18.3 Å². The molecule has 0 aliphatic heterocycles. The number of rotatable bonds is 10. The largest absolute Gasteiger partial charge is 0.451 e. The molecule has 2 aromatic carbocycles. The standard InChI is InChI=1S/C30H32N4O4/c1-20(36)29-31-12-13-34(29)28(17-35)11-4-21-2-5-22(6-3-21)23-7-9-24(10-8-23)25-14-26(15-25)30(37)32-16-27-18-38-19-33-27/h2-13,18-20,25-26,28,35-36H,14-17H2,1H3,(H,32,37)/b11-4+/t20-,25?,26?,28-/m0/s1. The Morgan fingerprint density at radius 1 is 1.13 bits per heavy atom. The summed E-state index contributed by atoms with van der Waals surface area (Å²) in [6.07, 6.45) is 11.2. The molecule has 1 fully saturated rings. The predicted octanol–water partition coefficient (Wildman–Crippen LogP) is 4.65. The Bertz CT molecular complexity index is 1350.